The van der Waals surface area contributed by atoms with Crippen molar-refractivity contribution < 1.29 is 4.79 Å². The predicted octanol–water partition coefficient (Wildman–Crippen LogP) is 2.39. The second kappa shape index (κ2) is 5.90. The van der Waals surface area contributed by atoms with Crippen LogP contribution in [0.15, 0.2) is 18.2 Å². The van der Waals surface area contributed by atoms with Gasteiger partial charge in [-0.3, -0.25) is 4.79 Å². The quantitative estimate of drug-likeness (QED) is 0.804. The standard InChI is InChI=1S/C14H15ClN2O/c15-12-7-6-10(5-2-8-16)13(9-12)17-14(18)11-3-1-4-11/h6-7,9,11H,1,3-4,8,16H2,(H,17,18). The van der Waals surface area contributed by atoms with E-state index >= 15 is 0 Å². The molecule has 1 aromatic rings. The molecule has 1 amide bonds. The number of amides is 1. The number of hydrogen-bond donors (Lipinski definition) is 2. The maximum atomic E-state index is 11.9. The summed E-state index contributed by atoms with van der Waals surface area (Å²) in [4.78, 5) is 11.9. The highest BCUT2D eigenvalue weighted by Crippen LogP contribution is 2.28. The molecule has 94 valence electrons. The summed E-state index contributed by atoms with van der Waals surface area (Å²) in [5.74, 6) is 5.90. The minimum Gasteiger partial charge on any atom is -0.325 e. The van der Waals surface area contributed by atoms with E-state index in [9.17, 15) is 4.79 Å². The molecule has 1 fully saturated rings. The molecule has 1 saturated carbocycles. The number of anilines is 1. The minimum absolute atomic E-state index is 0.0549. The van der Waals surface area contributed by atoms with E-state index in [1.54, 1.807) is 18.2 Å². The van der Waals surface area contributed by atoms with Crippen LogP contribution >= 0.6 is 11.6 Å². The number of benzene rings is 1. The van der Waals surface area contributed by atoms with Crippen molar-refractivity contribution in [2.24, 2.45) is 11.7 Å². The van der Waals surface area contributed by atoms with Gasteiger partial charge in [0, 0.05) is 16.5 Å². The fraction of sp³-hybridized carbons (Fsp3) is 0.357. The highest BCUT2D eigenvalue weighted by Gasteiger charge is 2.25. The number of carbonyl (C=O) groups excluding carboxylic acids is 1. The number of rotatable bonds is 2. The Labute approximate surface area is 112 Å². The van der Waals surface area contributed by atoms with Gasteiger partial charge in [0.1, 0.15) is 0 Å². The monoisotopic (exact) mass is 262 g/mol. The van der Waals surface area contributed by atoms with Crippen molar-refractivity contribution in [3.05, 3.63) is 28.8 Å². The number of halogens is 1. The van der Waals surface area contributed by atoms with Gasteiger partial charge in [0.25, 0.3) is 0 Å². The van der Waals surface area contributed by atoms with E-state index < -0.39 is 0 Å². The highest BCUT2D eigenvalue weighted by atomic mass is 35.5. The molecule has 4 heteroatoms. The third kappa shape index (κ3) is 3.04. The topological polar surface area (TPSA) is 55.1 Å². The zero-order valence-electron chi connectivity index (χ0n) is 10.0. The van der Waals surface area contributed by atoms with Gasteiger partial charge in [0.05, 0.1) is 12.2 Å². The first-order valence-corrected chi connectivity index (χ1v) is 6.38. The lowest BCUT2D eigenvalue weighted by molar-refractivity contribution is -0.122. The van der Waals surface area contributed by atoms with Crippen molar-refractivity contribution in [3.8, 4) is 11.8 Å². The van der Waals surface area contributed by atoms with Crippen LogP contribution in [0.2, 0.25) is 5.02 Å². The normalized spacial score (nSPS) is 14.3. The zero-order valence-corrected chi connectivity index (χ0v) is 10.8. The molecule has 0 unspecified atom stereocenters. The Morgan fingerprint density at radius 2 is 2.28 bits per heavy atom. The Morgan fingerprint density at radius 1 is 1.50 bits per heavy atom. The highest BCUT2D eigenvalue weighted by molar-refractivity contribution is 6.31. The molecule has 0 spiro atoms. The number of hydrogen-bond acceptors (Lipinski definition) is 2. The maximum Gasteiger partial charge on any atom is 0.227 e. The van der Waals surface area contributed by atoms with Crippen molar-refractivity contribution in [2.45, 2.75) is 19.3 Å². The Morgan fingerprint density at radius 3 is 2.89 bits per heavy atom. The molecule has 2 rings (SSSR count). The molecule has 0 heterocycles. The summed E-state index contributed by atoms with van der Waals surface area (Å²) in [6.07, 6.45) is 3.07. The molecule has 1 aromatic carbocycles. The summed E-state index contributed by atoms with van der Waals surface area (Å²) < 4.78 is 0. The molecule has 0 atom stereocenters. The number of nitrogens with two attached hydrogens (primary N) is 1. The molecule has 18 heavy (non-hydrogen) atoms. The third-order valence-corrected chi connectivity index (χ3v) is 3.28. The molecule has 3 nitrogen and oxygen atoms in total. The lowest BCUT2D eigenvalue weighted by atomic mass is 9.85. The minimum atomic E-state index is 0.0549. The van der Waals surface area contributed by atoms with Crippen LogP contribution in [-0.4, -0.2) is 12.5 Å². The molecule has 1 aliphatic rings. The second-order valence-corrected chi connectivity index (χ2v) is 4.75. The van der Waals surface area contributed by atoms with E-state index in [2.05, 4.69) is 17.2 Å². The fourth-order valence-electron chi connectivity index (χ4n) is 1.78. The van der Waals surface area contributed by atoms with Crippen molar-refractivity contribution in [1.29, 1.82) is 0 Å². The van der Waals surface area contributed by atoms with Crippen molar-refractivity contribution in [3.63, 3.8) is 0 Å². The Kier molecular flexibility index (Phi) is 4.24. The first-order chi connectivity index (χ1) is 8.70. The molecule has 3 N–H and O–H groups in total. The SMILES string of the molecule is NCC#Cc1ccc(Cl)cc1NC(=O)C1CCC1. The fourth-order valence-corrected chi connectivity index (χ4v) is 1.95. The average Bonchev–Trinajstić information content (AvgIpc) is 2.25. The Bertz CT molecular complexity index is 512. The van der Waals surface area contributed by atoms with Crippen molar-refractivity contribution >= 4 is 23.2 Å². The molecule has 0 radical (unpaired) electrons. The first kappa shape index (κ1) is 12.9. The van der Waals surface area contributed by atoms with Gasteiger partial charge >= 0.3 is 0 Å². The van der Waals surface area contributed by atoms with E-state index in [0.29, 0.717) is 17.3 Å². The van der Waals surface area contributed by atoms with Gasteiger partial charge in [-0.05, 0) is 31.0 Å². The summed E-state index contributed by atoms with van der Waals surface area (Å²) >= 11 is 5.94. The predicted molar refractivity (Wildman–Crippen MR) is 73.4 cm³/mol. The van der Waals surface area contributed by atoms with Crippen LogP contribution in [0, 0.1) is 17.8 Å². The van der Waals surface area contributed by atoms with Crippen LogP contribution in [-0.2, 0) is 4.79 Å². The molecule has 0 aliphatic heterocycles. The average molecular weight is 263 g/mol. The third-order valence-electron chi connectivity index (χ3n) is 3.04. The molecule has 0 bridgehead atoms. The van der Waals surface area contributed by atoms with Crippen LogP contribution < -0.4 is 11.1 Å². The molecule has 1 aliphatic carbocycles. The number of nitrogens with one attached hydrogen (secondary N) is 1. The van der Waals surface area contributed by atoms with Crippen LogP contribution in [0.5, 0.6) is 0 Å². The van der Waals surface area contributed by atoms with Gasteiger partial charge in [0.2, 0.25) is 5.91 Å². The van der Waals surface area contributed by atoms with E-state index in [-0.39, 0.29) is 11.8 Å². The smallest absolute Gasteiger partial charge is 0.227 e. The van der Waals surface area contributed by atoms with Crippen LogP contribution in [0.25, 0.3) is 0 Å². The summed E-state index contributed by atoms with van der Waals surface area (Å²) in [6.45, 7) is 0.290. The molecule has 0 saturated heterocycles. The van der Waals surface area contributed by atoms with Crippen molar-refractivity contribution in [2.75, 3.05) is 11.9 Å². The maximum absolute atomic E-state index is 11.9. The van der Waals surface area contributed by atoms with Crippen molar-refractivity contribution in [1.82, 2.24) is 0 Å². The van der Waals surface area contributed by atoms with E-state index in [0.717, 1.165) is 24.8 Å². The van der Waals surface area contributed by atoms with Crippen LogP contribution in [0.1, 0.15) is 24.8 Å². The molecular formula is C14H15ClN2O. The van der Waals surface area contributed by atoms with Gasteiger partial charge in [-0.2, -0.15) is 0 Å². The van der Waals surface area contributed by atoms with E-state index in [4.69, 9.17) is 17.3 Å². The lowest BCUT2D eigenvalue weighted by Gasteiger charge is -2.24. The Balaban J connectivity index is 2.18. The second-order valence-electron chi connectivity index (χ2n) is 4.31. The zero-order chi connectivity index (χ0) is 13.0. The van der Waals surface area contributed by atoms with Gasteiger partial charge in [-0.15, -0.1) is 0 Å². The van der Waals surface area contributed by atoms with Gasteiger partial charge in [0.15, 0.2) is 0 Å². The summed E-state index contributed by atoms with van der Waals surface area (Å²) in [5.41, 5.74) is 6.76. The van der Waals surface area contributed by atoms with Gasteiger partial charge < -0.3 is 11.1 Å². The van der Waals surface area contributed by atoms with Gasteiger partial charge in [-0.25, -0.2) is 0 Å². The summed E-state index contributed by atoms with van der Waals surface area (Å²) in [5, 5.41) is 3.48. The van der Waals surface area contributed by atoms with Crippen LogP contribution in [0.4, 0.5) is 5.69 Å². The largest absolute Gasteiger partial charge is 0.325 e. The Hall–Kier alpha value is -1.50. The van der Waals surface area contributed by atoms with Gasteiger partial charge in [-0.1, -0.05) is 29.9 Å². The van der Waals surface area contributed by atoms with Crippen LogP contribution in [0.3, 0.4) is 0 Å². The molecule has 0 aromatic heterocycles. The first-order valence-electron chi connectivity index (χ1n) is 6.00. The molecular weight excluding hydrogens is 248 g/mol. The summed E-state index contributed by atoms with van der Waals surface area (Å²) in [7, 11) is 0. The van der Waals surface area contributed by atoms with E-state index in [1.807, 2.05) is 0 Å². The summed E-state index contributed by atoms with van der Waals surface area (Å²) in [6, 6.07) is 5.27. The number of carbonyl (C=O) groups is 1. The lowest BCUT2D eigenvalue weighted by Crippen LogP contribution is -2.28. The van der Waals surface area contributed by atoms with E-state index in [1.165, 1.54) is 0 Å².